The minimum atomic E-state index is -0.351. The zero-order valence-corrected chi connectivity index (χ0v) is 15.9. The third-order valence-corrected chi connectivity index (χ3v) is 6.10. The molecule has 0 unspecified atom stereocenters. The number of nitro benzene ring substituents is 1. The van der Waals surface area contributed by atoms with E-state index in [0.29, 0.717) is 12.5 Å². The number of benzene rings is 1. The van der Waals surface area contributed by atoms with E-state index in [1.807, 2.05) is 22.7 Å². The molecule has 1 fully saturated rings. The lowest BCUT2D eigenvalue weighted by Gasteiger charge is -2.35. The Hall–Kier alpha value is -2.63. The number of non-ortho nitro benzene ring substituents is 1. The molecule has 0 bridgehead atoms. The van der Waals surface area contributed by atoms with Gasteiger partial charge < -0.3 is 9.47 Å². The summed E-state index contributed by atoms with van der Waals surface area (Å²) in [6.45, 7) is 2.73. The van der Waals surface area contributed by atoms with Crippen molar-refractivity contribution >= 4 is 28.1 Å². The first-order valence-corrected chi connectivity index (χ1v) is 9.69. The van der Waals surface area contributed by atoms with Gasteiger partial charge in [0.1, 0.15) is 0 Å². The van der Waals surface area contributed by atoms with Gasteiger partial charge in [-0.15, -0.1) is 0 Å². The molecule has 0 spiro atoms. The lowest BCUT2D eigenvalue weighted by Crippen LogP contribution is -2.43. The van der Waals surface area contributed by atoms with Gasteiger partial charge in [-0.1, -0.05) is 18.9 Å². The molecule has 142 valence electrons. The van der Waals surface area contributed by atoms with Crippen LogP contribution >= 0.6 is 0 Å². The first-order chi connectivity index (χ1) is 13.0. The quantitative estimate of drug-likeness (QED) is 0.600. The molecule has 1 saturated carbocycles. The zero-order chi connectivity index (χ0) is 19.1. The van der Waals surface area contributed by atoms with Crippen LogP contribution in [-0.2, 0) is 11.8 Å². The molecule has 0 N–H and O–H groups in total. The molecule has 0 saturated heterocycles. The largest absolute Gasteiger partial charge is 0.350 e. The highest BCUT2D eigenvalue weighted by Crippen LogP contribution is 2.35. The molecule has 4 rings (SSSR count). The Morgan fingerprint density at radius 3 is 2.67 bits per heavy atom. The number of carbonyl (C=O) groups excluding carboxylic acids is 1. The van der Waals surface area contributed by atoms with Crippen LogP contribution in [0.15, 0.2) is 30.5 Å². The van der Waals surface area contributed by atoms with Gasteiger partial charge in [-0.2, -0.15) is 0 Å². The molecular formula is C21H25N3O3. The molecule has 1 atom stereocenters. The van der Waals surface area contributed by atoms with E-state index >= 15 is 0 Å². The Labute approximate surface area is 158 Å². The van der Waals surface area contributed by atoms with E-state index in [0.717, 1.165) is 48.6 Å². The van der Waals surface area contributed by atoms with Crippen LogP contribution in [0.5, 0.6) is 0 Å². The summed E-state index contributed by atoms with van der Waals surface area (Å²) < 4.78 is 2.01. The molecule has 27 heavy (non-hydrogen) atoms. The van der Waals surface area contributed by atoms with Crippen LogP contribution in [0, 0.1) is 16.0 Å². The highest BCUT2D eigenvalue weighted by Gasteiger charge is 2.32. The molecular weight excluding hydrogens is 342 g/mol. The number of nitrogens with zero attached hydrogens (tertiary/aromatic N) is 3. The van der Waals surface area contributed by atoms with Crippen molar-refractivity contribution < 1.29 is 9.72 Å². The topological polar surface area (TPSA) is 68.4 Å². The summed E-state index contributed by atoms with van der Waals surface area (Å²) in [5.74, 6) is 0.492. The number of aryl methyl sites for hydroxylation is 1. The number of nitro groups is 1. The van der Waals surface area contributed by atoms with Crippen LogP contribution in [0.4, 0.5) is 5.69 Å². The van der Waals surface area contributed by atoms with E-state index in [9.17, 15) is 14.9 Å². The highest BCUT2D eigenvalue weighted by molar-refractivity contribution is 5.95. The molecule has 1 aliphatic carbocycles. The predicted molar refractivity (Wildman–Crippen MR) is 105 cm³/mol. The van der Waals surface area contributed by atoms with Crippen molar-refractivity contribution in [1.29, 1.82) is 0 Å². The minimum absolute atomic E-state index is 0.109. The van der Waals surface area contributed by atoms with Crippen molar-refractivity contribution in [3.8, 4) is 0 Å². The SMILES string of the molecule is C[C@H]1CC(c2cn(C)c3ccc([N+](=O)[O-])cc23)=CCN1C(=O)C1CCCC1. The lowest BCUT2D eigenvalue weighted by atomic mass is 9.93. The second kappa shape index (κ2) is 6.83. The number of hydrogen-bond acceptors (Lipinski definition) is 3. The number of fused-ring (bicyclic) bond motifs is 1. The van der Waals surface area contributed by atoms with E-state index in [-0.39, 0.29) is 22.6 Å². The van der Waals surface area contributed by atoms with Gasteiger partial charge in [0, 0.05) is 60.3 Å². The van der Waals surface area contributed by atoms with E-state index in [4.69, 9.17) is 0 Å². The van der Waals surface area contributed by atoms with Crippen molar-refractivity contribution in [1.82, 2.24) is 9.47 Å². The third-order valence-electron chi connectivity index (χ3n) is 6.10. The minimum Gasteiger partial charge on any atom is -0.350 e. The van der Waals surface area contributed by atoms with Gasteiger partial charge in [-0.05, 0) is 37.8 Å². The second-order valence-electron chi connectivity index (χ2n) is 7.87. The van der Waals surface area contributed by atoms with E-state index < -0.39 is 0 Å². The molecule has 2 aliphatic rings. The molecule has 1 amide bonds. The number of carbonyl (C=O) groups is 1. The molecule has 1 aliphatic heterocycles. The van der Waals surface area contributed by atoms with Crippen LogP contribution in [0.2, 0.25) is 0 Å². The van der Waals surface area contributed by atoms with Crippen LogP contribution in [0.25, 0.3) is 16.5 Å². The summed E-state index contributed by atoms with van der Waals surface area (Å²) in [4.78, 5) is 25.6. The molecule has 6 heteroatoms. The van der Waals surface area contributed by atoms with Gasteiger partial charge in [-0.25, -0.2) is 0 Å². The third kappa shape index (κ3) is 3.13. The fraction of sp³-hybridized carbons (Fsp3) is 0.476. The van der Waals surface area contributed by atoms with Gasteiger partial charge in [0.2, 0.25) is 5.91 Å². The van der Waals surface area contributed by atoms with Crippen molar-refractivity contribution in [3.05, 3.63) is 46.1 Å². The first-order valence-electron chi connectivity index (χ1n) is 9.69. The van der Waals surface area contributed by atoms with Gasteiger partial charge in [-0.3, -0.25) is 14.9 Å². The van der Waals surface area contributed by atoms with E-state index in [1.54, 1.807) is 18.2 Å². The van der Waals surface area contributed by atoms with Gasteiger partial charge in [0.15, 0.2) is 0 Å². The summed E-state index contributed by atoms with van der Waals surface area (Å²) >= 11 is 0. The van der Waals surface area contributed by atoms with Gasteiger partial charge in [0.25, 0.3) is 5.69 Å². The Balaban J connectivity index is 1.65. The molecule has 0 radical (unpaired) electrons. The highest BCUT2D eigenvalue weighted by atomic mass is 16.6. The van der Waals surface area contributed by atoms with Gasteiger partial charge in [0.05, 0.1) is 4.92 Å². The van der Waals surface area contributed by atoms with E-state index in [2.05, 4.69) is 13.0 Å². The van der Waals surface area contributed by atoms with Crippen LogP contribution in [0.1, 0.15) is 44.6 Å². The van der Waals surface area contributed by atoms with Crippen molar-refractivity contribution in [2.24, 2.45) is 13.0 Å². The number of aromatic nitrogens is 1. The summed E-state index contributed by atoms with van der Waals surface area (Å²) in [5.41, 5.74) is 3.30. The Morgan fingerprint density at radius 1 is 1.26 bits per heavy atom. The zero-order valence-electron chi connectivity index (χ0n) is 15.9. The standard InChI is InChI=1S/C21H25N3O3/c1-14-11-16(9-10-23(14)21(25)15-5-3-4-6-15)19-13-22(2)20-8-7-17(24(26)27)12-18(19)20/h7-9,12-15H,3-6,10-11H2,1-2H3/t14-/m0/s1. The Bertz CT molecular complexity index is 938. The van der Waals surface area contributed by atoms with Crippen LogP contribution in [-0.4, -0.2) is 32.9 Å². The summed E-state index contributed by atoms with van der Waals surface area (Å²) in [5, 5.41) is 12.1. The first kappa shape index (κ1) is 17.8. The molecule has 6 nitrogen and oxygen atoms in total. The normalized spacial score (nSPS) is 20.9. The Morgan fingerprint density at radius 2 is 2.00 bits per heavy atom. The number of amides is 1. The van der Waals surface area contributed by atoms with Crippen molar-refractivity contribution in [3.63, 3.8) is 0 Å². The smallest absolute Gasteiger partial charge is 0.270 e. The second-order valence-corrected chi connectivity index (χ2v) is 7.87. The molecule has 2 aromatic rings. The van der Waals surface area contributed by atoms with Crippen molar-refractivity contribution in [2.45, 2.75) is 45.1 Å². The number of hydrogen-bond donors (Lipinski definition) is 0. The van der Waals surface area contributed by atoms with Crippen LogP contribution < -0.4 is 0 Å². The average molecular weight is 367 g/mol. The molecule has 2 heterocycles. The van der Waals surface area contributed by atoms with E-state index in [1.165, 1.54) is 5.57 Å². The summed E-state index contributed by atoms with van der Waals surface area (Å²) in [6, 6.07) is 5.16. The predicted octanol–water partition coefficient (Wildman–Crippen LogP) is 4.28. The van der Waals surface area contributed by atoms with Crippen LogP contribution in [0.3, 0.4) is 0 Å². The van der Waals surface area contributed by atoms with Crippen molar-refractivity contribution in [2.75, 3.05) is 6.54 Å². The summed E-state index contributed by atoms with van der Waals surface area (Å²) in [7, 11) is 1.96. The maximum absolute atomic E-state index is 12.8. The fourth-order valence-corrected chi connectivity index (χ4v) is 4.58. The molecule has 1 aromatic heterocycles. The molecule has 1 aromatic carbocycles. The average Bonchev–Trinajstić information content (AvgIpc) is 3.29. The maximum atomic E-state index is 12.8. The maximum Gasteiger partial charge on any atom is 0.270 e. The van der Waals surface area contributed by atoms with Gasteiger partial charge >= 0.3 is 0 Å². The number of rotatable bonds is 3. The lowest BCUT2D eigenvalue weighted by molar-refractivity contribution is -0.384. The fourth-order valence-electron chi connectivity index (χ4n) is 4.58. The monoisotopic (exact) mass is 367 g/mol. The summed E-state index contributed by atoms with van der Waals surface area (Å²) in [6.07, 6.45) is 9.31. The Kier molecular flexibility index (Phi) is 4.50.